The van der Waals surface area contributed by atoms with Gasteiger partial charge in [-0.15, -0.1) is 0 Å². The highest BCUT2D eigenvalue weighted by molar-refractivity contribution is 6.00. The number of carbonyl (C=O) groups excluding carboxylic acids is 2. The van der Waals surface area contributed by atoms with Crippen molar-refractivity contribution in [1.29, 1.82) is 0 Å². The van der Waals surface area contributed by atoms with Crippen molar-refractivity contribution in [3.05, 3.63) is 51.2 Å². The van der Waals surface area contributed by atoms with Crippen LogP contribution in [0.4, 0.5) is 5.69 Å². The van der Waals surface area contributed by atoms with E-state index in [0.717, 1.165) is 17.1 Å². The summed E-state index contributed by atoms with van der Waals surface area (Å²) in [5.74, 6) is -0.705. The number of aromatic amines is 1. The van der Waals surface area contributed by atoms with E-state index in [1.807, 2.05) is 18.4 Å². The number of pyridine rings is 1. The van der Waals surface area contributed by atoms with E-state index < -0.39 is 5.97 Å². The molecule has 25 heavy (non-hydrogen) atoms. The van der Waals surface area contributed by atoms with Crippen LogP contribution in [0.5, 0.6) is 0 Å². The topological polar surface area (TPSA) is 93.2 Å². The number of hydrogen-bond acceptors (Lipinski definition) is 4. The van der Waals surface area contributed by atoms with E-state index in [9.17, 15) is 14.4 Å². The molecule has 0 aliphatic heterocycles. The molecule has 2 aromatic heterocycles. The van der Waals surface area contributed by atoms with Gasteiger partial charge in [0.15, 0.2) is 5.43 Å². The Morgan fingerprint density at radius 2 is 1.80 bits per heavy atom. The van der Waals surface area contributed by atoms with Crippen molar-refractivity contribution in [2.75, 3.05) is 12.4 Å². The van der Waals surface area contributed by atoms with Gasteiger partial charge in [0, 0.05) is 42.2 Å². The lowest BCUT2D eigenvalue weighted by Crippen LogP contribution is -2.17. The first-order valence-electron chi connectivity index (χ1n) is 8.07. The average molecular weight is 345 g/mol. The van der Waals surface area contributed by atoms with Gasteiger partial charge in [0.25, 0.3) is 0 Å². The van der Waals surface area contributed by atoms with E-state index in [4.69, 9.17) is 4.74 Å². The van der Waals surface area contributed by atoms with E-state index in [-0.39, 0.29) is 17.0 Å². The summed E-state index contributed by atoms with van der Waals surface area (Å²) in [7, 11) is 1.29. The number of nitrogens with zero attached hydrogens (tertiary/aromatic N) is 1. The van der Waals surface area contributed by atoms with E-state index in [1.165, 1.54) is 7.11 Å². The zero-order valence-electron chi connectivity index (χ0n) is 14.9. The fourth-order valence-corrected chi connectivity index (χ4v) is 2.80. The molecule has 0 aliphatic carbocycles. The molecule has 2 heterocycles. The molecule has 0 radical (unpaired) electrons. The quantitative estimate of drug-likeness (QED) is 0.786. The summed E-state index contributed by atoms with van der Waals surface area (Å²) < 4.78 is 6.71. The first kappa shape index (κ1) is 18.5. The van der Waals surface area contributed by atoms with Crippen LogP contribution in [0, 0.1) is 20.8 Å². The van der Waals surface area contributed by atoms with E-state index in [1.54, 1.807) is 25.1 Å². The summed E-state index contributed by atoms with van der Waals surface area (Å²) in [6.45, 7) is 6.19. The molecule has 7 nitrogen and oxygen atoms in total. The number of ether oxygens (including phenoxy) is 1. The third kappa shape index (κ3) is 4.59. The van der Waals surface area contributed by atoms with Crippen LogP contribution in [0.3, 0.4) is 0 Å². The van der Waals surface area contributed by atoms with E-state index in [2.05, 4.69) is 10.3 Å². The number of amides is 1. The Morgan fingerprint density at radius 3 is 2.40 bits per heavy atom. The Kier molecular flexibility index (Phi) is 5.80. The molecule has 0 bridgehead atoms. The van der Waals surface area contributed by atoms with Crippen molar-refractivity contribution in [3.8, 4) is 0 Å². The standard InChI is InChI=1S/C18H23N3O4/c1-11-8-15(17(19-11)18(24)25-4)20-16(23)6-5-7-21-12(2)9-14(22)10-13(21)3/h8-10,19H,5-7H2,1-4H3,(H,20,23). The molecule has 0 aromatic carbocycles. The second-order valence-corrected chi connectivity index (χ2v) is 6.01. The Balaban J connectivity index is 1.96. The summed E-state index contributed by atoms with van der Waals surface area (Å²) in [5.41, 5.74) is 3.15. The van der Waals surface area contributed by atoms with Gasteiger partial charge in [-0.1, -0.05) is 0 Å². The van der Waals surface area contributed by atoms with Crippen LogP contribution in [-0.4, -0.2) is 28.5 Å². The summed E-state index contributed by atoms with van der Waals surface area (Å²) in [5, 5.41) is 2.74. The molecule has 2 aromatic rings. The number of anilines is 1. The van der Waals surface area contributed by atoms with E-state index in [0.29, 0.717) is 25.1 Å². The number of carbonyl (C=O) groups is 2. The number of methoxy groups -OCH3 is 1. The van der Waals surface area contributed by atoms with Gasteiger partial charge >= 0.3 is 5.97 Å². The number of rotatable bonds is 6. The number of aryl methyl sites for hydroxylation is 3. The SMILES string of the molecule is COC(=O)c1[nH]c(C)cc1NC(=O)CCCn1c(C)cc(=O)cc1C. The van der Waals surface area contributed by atoms with Gasteiger partial charge < -0.3 is 19.6 Å². The molecule has 2 N–H and O–H groups in total. The maximum Gasteiger partial charge on any atom is 0.356 e. The Bertz CT molecular complexity index is 822. The molecule has 0 unspecified atom stereocenters. The minimum atomic E-state index is -0.525. The summed E-state index contributed by atoms with van der Waals surface area (Å²) in [4.78, 5) is 38.2. The third-order valence-electron chi connectivity index (χ3n) is 3.96. The number of aromatic nitrogens is 2. The fourth-order valence-electron chi connectivity index (χ4n) is 2.80. The third-order valence-corrected chi connectivity index (χ3v) is 3.96. The highest BCUT2D eigenvalue weighted by Crippen LogP contribution is 2.18. The van der Waals surface area contributed by atoms with Crippen molar-refractivity contribution >= 4 is 17.6 Å². The van der Waals surface area contributed by atoms with Crippen molar-refractivity contribution < 1.29 is 14.3 Å². The fraction of sp³-hybridized carbons (Fsp3) is 0.389. The summed E-state index contributed by atoms with van der Waals surface area (Å²) in [6, 6.07) is 4.86. The number of esters is 1. The van der Waals surface area contributed by atoms with Crippen LogP contribution in [0.25, 0.3) is 0 Å². The van der Waals surface area contributed by atoms with Crippen molar-refractivity contribution in [2.24, 2.45) is 0 Å². The predicted molar refractivity (Wildman–Crippen MR) is 94.9 cm³/mol. The minimum absolute atomic E-state index is 0.0119. The van der Waals surface area contributed by atoms with Crippen LogP contribution in [0.2, 0.25) is 0 Å². The van der Waals surface area contributed by atoms with Crippen LogP contribution >= 0.6 is 0 Å². The van der Waals surface area contributed by atoms with Crippen LogP contribution in [-0.2, 0) is 16.1 Å². The maximum atomic E-state index is 12.2. The van der Waals surface area contributed by atoms with Gasteiger partial charge in [-0.3, -0.25) is 9.59 Å². The zero-order valence-corrected chi connectivity index (χ0v) is 14.9. The van der Waals surface area contributed by atoms with Crippen LogP contribution in [0.15, 0.2) is 23.0 Å². The van der Waals surface area contributed by atoms with Crippen molar-refractivity contribution in [2.45, 2.75) is 40.2 Å². The van der Waals surface area contributed by atoms with Crippen LogP contribution < -0.4 is 10.7 Å². The Labute approximate surface area is 146 Å². The predicted octanol–water partition coefficient (Wildman–Crippen LogP) is 2.31. The zero-order chi connectivity index (χ0) is 18.6. The number of hydrogen-bond donors (Lipinski definition) is 2. The molecule has 0 spiro atoms. The number of nitrogens with one attached hydrogen (secondary N) is 2. The molecule has 7 heteroatoms. The Hall–Kier alpha value is -2.83. The summed E-state index contributed by atoms with van der Waals surface area (Å²) in [6.07, 6.45) is 0.920. The molecule has 0 saturated carbocycles. The highest BCUT2D eigenvalue weighted by atomic mass is 16.5. The smallest absolute Gasteiger partial charge is 0.356 e. The first-order chi connectivity index (χ1) is 11.8. The molecule has 0 aliphatic rings. The van der Waals surface area contributed by atoms with Gasteiger partial charge in [-0.25, -0.2) is 4.79 Å². The van der Waals surface area contributed by atoms with Crippen molar-refractivity contribution in [1.82, 2.24) is 9.55 Å². The molecule has 0 fully saturated rings. The largest absolute Gasteiger partial charge is 0.464 e. The normalized spacial score (nSPS) is 10.6. The monoisotopic (exact) mass is 345 g/mol. The molecular formula is C18H23N3O4. The average Bonchev–Trinajstić information content (AvgIpc) is 2.89. The molecule has 0 atom stereocenters. The second-order valence-electron chi connectivity index (χ2n) is 6.01. The minimum Gasteiger partial charge on any atom is -0.464 e. The molecule has 0 saturated heterocycles. The molecular weight excluding hydrogens is 322 g/mol. The van der Waals surface area contributed by atoms with Gasteiger partial charge in [-0.05, 0) is 33.3 Å². The van der Waals surface area contributed by atoms with Gasteiger partial charge in [0.2, 0.25) is 5.91 Å². The molecule has 2 rings (SSSR count). The molecule has 134 valence electrons. The van der Waals surface area contributed by atoms with Crippen LogP contribution in [0.1, 0.15) is 40.4 Å². The van der Waals surface area contributed by atoms with Gasteiger partial charge in [-0.2, -0.15) is 0 Å². The first-order valence-corrected chi connectivity index (χ1v) is 8.07. The summed E-state index contributed by atoms with van der Waals surface area (Å²) >= 11 is 0. The number of H-pyrrole nitrogens is 1. The van der Waals surface area contributed by atoms with Crippen molar-refractivity contribution in [3.63, 3.8) is 0 Å². The molecule has 1 amide bonds. The lowest BCUT2D eigenvalue weighted by Gasteiger charge is -2.14. The van der Waals surface area contributed by atoms with Gasteiger partial charge in [0.1, 0.15) is 5.69 Å². The second kappa shape index (κ2) is 7.83. The Morgan fingerprint density at radius 1 is 1.16 bits per heavy atom. The maximum absolute atomic E-state index is 12.2. The van der Waals surface area contributed by atoms with Gasteiger partial charge in [0.05, 0.1) is 12.8 Å². The highest BCUT2D eigenvalue weighted by Gasteiger charge is 2.16. The van der Waals surface area contributed by atoms with E-state index >= 15 is 0 Å². The lowest BCUT2D eigenvalue weighted by molar-refractivity contribution is -0.116. The lowest BCUT2D eigenvalue weighted by atomic mass is 10.2.